The Bertz CT molecular complexity index is 315. The van der Waals surface area contributed by atoms with E-state index >= 15 is 0 Å². The minimum atomic E-state index is 1.12. The van der Waals surface area contributed by atoms with Gasteiger partial charge in [-0.2, -0.15) is 0 Å². The van der Waals surface area contributed by atoms with Crippen LogP contribution < -0.4 is 0 Å². The molecule has 0 heterocycles. The summed E-state index contributed by atoms with van der Waals surface area (Å²) in [6.45, 7) is 0. The van der Waals surface area contributed by atoms with Crippen molar-refractivity contribution in [1.82, 2.24) is 0 Å². The molecule has 1 aromatic rings. The van der Waals surface area contributed by atoms with Crippen molar-refractivity contribution in [2.75, 3.05) is 0 Å². The first-order valence-corrected chi connectivity index (χ1v) is 4.87. The van der Waals surface area contributed by atoms with E-state index in [1.165, 1.54) is 11.1 Å². The van der Waals surface area contributed by atoms with Crippen LogP contribution in [-0.2, 0) is 0 Å². The Morgan fingerprint density at radius 2 is 1.73 bits per heavy atom. The predicted molar refractivity (Wildman–Crippen MR) is 54.6 cm³/mol. The minimum absolute atomic E-state index is 1.12. The average molecular weight is 273 g/mol. The third-order valence-electron chi connectivity index (χ3n) is 1.69. The van der Waals surface area contributed by atoms with Crippen molar-refractivity contribution in [3.05, 3.63) is 44.7 Å². The molecule has 0 saturated carbocycles. The maximum Gasteiger partial charge on any atom is 0.106 e. The zero-order chi connectivity index (χ0) is 7.84. The van der Waals surface area contributed by atoms with Gasteiger partial charge < -0.3 is 0 Å². The van der Waals surface area contributed by atoms with Gasteiger partial charge in [0.2, 0.25) is 0 Å². The first-order valence-electron chi connectivity index (χ1n) is 3.28. The van der Waals surface area contributed by atoms with Gasteiger partial charge in [0.25, 0.3) is 0 Å². The van der Waals surface area contributed by atoms with Crippen LogP contribution in [0.15, 0.2) is 28.7 Å². The van der Waals surface area contributed by atoms with E-state index in [0.717, 1.165) is 9.31 Å². The van der Waals surface area contributed by atoms with Crippen LogP contribution in [0.3, 0.4) is 0 Å². The van der Waals surface area contributed by atoms with E-state index in [4.69, 9.17) is 0 Å². The average Bonchev–Trinajstić information content (AvgIpc) is 2.30. The number of rotatable bonds is 0. The normalized spacial score (nSPS) is 16.4. The largest absolute Gasteiger partial charge is 0.106 e. The van der Waals surface area contributed by atoms with Crippen LogP contribution >= 0.6 is 31.9 Å². The van der Waals surface area contributed by atoms with Gasteiger partial charge in [-0.15, -0.1) is 0 Å². The van der Waals surface area contributed by atoms with Gasteiger partial charge in [-0.1, -0.05) is 56.1 Å². The second-order valence-electron chi connectivity index (χ2n) is 2.39. The highest BCUT2D eigenvalue weighted by molar-refractivity contribution is 9.15. The second kappa shape index (κ2) is 2.76. The maximum atomic E-state index is 3.50. The lowest BCUT2D eigenvalue weighted by molar-refractivity contribution is 1.52. The van der Waals surface area contributed by atoms with Gasteiger partial charge in [0, 0.05) is 4.48 Å². The fourth-order valence-corrected chi connectivity index (χ4v) is 2.09. The molecule has 0 aromatic heterocycles. The molecule has 1 radical (unpaired) electrons. The fourth-order valence-electron chi connectivity index (χ4n) is 1.15. The highest BCUT2D eigenvalue weighted by Crippen LogP contribution is 2.42. The maximum absolute atomic E-state index is 3.50. The summed E-state index contributed by atoms with van der Waals surface area (Å²) in [4.78, 5) is 1.15. The molecule has 0 nitrogen and oxygen atoms in total. The summed E-state index contributed by atoms with van der Waals surface area (Å²) in [6.07, 6.45) is 2.11. The van der Waals surface area contributed by atoms with E-state index in [2.05, 4.69) is 50.1 Å². The first kappa shape index (κ1) is 7.56. The van der Waals surface area contributed by atoms with Crippen LogP contribution in [0.1, 0.15) is 11.1 Å². The van der Waals surface area contributed by atoms with Gasteiger partial charge in [-0.3, -0.25) is 0 Å². The van der Waals surface area contributed by atoms with Crippen LogP contribution in [0.2, 0.25) is 0 Å². The minimum Gasteiger partial charge on any atom is -0.0719 e. The highest BCUT2D eigenvalue weighted by Gasteiger charge is 2.20. The molecule has 0 bridgehead atoms. The third-order valence-corrected chi connectivity index (χ3v) is 3.70. The highest BCUT2D eigenvalue weighted by atomic mass is 79.9. The van der Waals surface area contributed by atoms with Crippen molar-refractivity contribution in [2.45, 2.75) is 0 Å². The SMILES string of the molecule is Br[C]1C(Br)=Cc2ccccc21. The molecule has 0 amide bonds. The molecule has 1 aliphatic carbocycles. The van der Waals surface area contributed by atoms with Crippen LogP contribution in [0.25, 0.3) is 6.08 Å². The second-order valence-corrected chi connectivity index (χ2v) is 4.04. The van der Waals surface area contributed by atoms with Gasteiger partial charge in [-0.25, -0.2) is 0 Å². The molecule has 0 N–H and O–H groups in total. The standard InChI is InChI=1S/C9H5Br2/c10-8-5-6-3-1-2-4-7(6)9(8)11/h1-5H. The summed E-state index contributed by atoms with van der Waals surface area (Å²) >= 11 is 6.97. The van der Waals surface area contributed by atoms with Crippen molar-refractivity contribution in [3.8, 4) is 0 Å². The Morgan fingerprint density at radius 1 is 1.00 bits per heavy atom. The van der Waals surface area contributed by atoms with Crippen LogP contribution in [0.5, 0.6) is 0 Å². The molecule has 2 rings (SSSR count). The van der Waals surface area contributed by atoms with Gasteiger partial charge in [-0.05, 0) is 17.2 Å². The zero-order valence-corrected chi connectivity index (χ0v) is 8.81. The van der Waals surface area contributed by atoms with Crippen molar-refractivity contribution >= 4 is 37.9 Å². The number of hydrogen-bond donors (Lipinski definition) is 0. The molecule has 0 atom stereocenters. The summed E-state index contributed by atoms with van der Waals surface area (Å²) in [6, 6.07) is 8.29. The molecule has 11 heavy (non-hydrogen) atoms. The number of hydrogen-bond acceptors (Lipinski definition) is 0. The monoisotopic (exact) mass is 271 g/mol. The summed E-state index contributed by atoms with van der Waals surface area (Å²) in [5.74, 6) is 0. The van der Waals surface area contributed by atoms with Crippen LogP contribution in [-0.4, -0.2) is 0 Å². The van der Waals surface area contributed by atoms with Crippen LogP contribution in [0, 0.1) is 4.83 Å². The summed E-state index contributed by atoms with van der Waals surface area (Å²) in [5.41, 5.74) is 2.53. The Kier molecular flexibility index (Phi) is 1.90. The van der Waals surface area contributed by atoms with E-state index in [9.17, 15) is 0 Å². The molecular formula is C9H5Br2. The summed E-state index contributed by atoms with van der Waals surface area (Å²) in [5, 5.41) is 0. The first-order chi connectivity index (χ1) is 5.29. The third kappa shape index (κ3) is 1.18. The lowest BCUT2D eigenvalue weighted by atomic mass is 10.1. The van der Waals surface area contributed by atoms with Gasteiger partial charge in [0.05, 0.1) is 0 Å². The predicted octanol–water partition coefficient (Wildman–Crippen LogP) is 3.71. The lowest BCUT2D eigenvalue weighted by Gasteiger charge is -2.01. The van der Waals surface area contributed by atoms with E-state index in [1.54, 1.807) is 0 Å². The van der Waals surface area contributed by atoms with Crippen LogP contribution in [0.4, 0.5) is 0 Å². The molecule has 0 aliphatic heterocycles. The molecule has 0 unspecified atom stereocenters. The fraction of sp³-hybridized carbons (Fsp3) is 0. The molecule has 2 heteroatoms. The Hall–Kier alpha value is -0.0800. The topological polar surface area (TPSA) is 0 Å². The molecule has 55 valence electrons. The lowest BCUT2D eigenvalue weighted by Crippen LogP contribution is -1.84. The van der Waals surface area contributed by atoms with Gasteiger partial charge >= 0.3 is 0 Å². The molecule has 1 aliphatic rings. The van der Waals surface area contributed by atoms with E-state index < -0.39 is 0 Å². The molecule has 0 spiro atoms. The molecule has 1 aromatic carbocycles. The number of allylic oxidation sites excluding steroid dienone is 1. The Labute approximate surface area is 82.6 Å². The quantitative estimate of drug-likeness (QED) is 0.675. The molecule has 0 fully saturated rings. The van der Waals surface area contributed by atoms with Crippen molar-refractivity contribution in [2.24, 2.45) is 0 Å². The van der Waals surface area contributed by atoms with Crippen molar-refractivity contribution < 1.29 is 0 Å². The summed E-state index contributed by atoms with van der Waals surface area (Å²) in [7, 11) is 0. The van der Waals surface area contributed by atoms with E-state index in [0.29, 0.717) is 0 Å². The Morgan fingerprint density at radius 3 is 2.45 bits per heavy atom. The number of halogens is 2. The van der Waals surface area contributed by atoms with Gasteiger partial charge in [0.15, 0.2) is 0 Å². The van der Waals surface area contributed by atoms with Crippen molar-refractivity contribution in [1.29, 1.82) is 0 Å². The number of benzene rings is 1. The summed E-state index contributed by atoms with van der Waals surface area (Å²) < 4.78 is 1.12. The van der Waals surface area contributed by atoms with E-state index in [1.807, 2.05) is 12.1 Å². The zero-order valence-electron chi connectivity index (χ0n) is 5.64. The van der Waals surface area contributed by atoms with Crippen molar-refractivity contribution in [3.63, 3.8) is 0 Å². The van der Waals surface area contributed by atoms with Gasteiger partial charge in [0.1, 0.15) is 4.83 Å². The smallest absolute Gasteiger partial charge is 0.0719 e. The molecular weight excluding hydrogens is 268 g/mol. The molecule has 0 saturated heterocycles. The Balaban J connectivity index is 2.58. The number of fused-ring (bicyclic) bond motifs is 1. The van der Waals surface area contributed by atoms with E-state index in [-0.39, 0.29) is 0 Å².